The molecule has 1 aromatic rings. The van der Waals surface area contributed by atoms with Crippen LogP contribution in [0.15, 0.2) is 24.4 Å². The van der Waals surface area contributed by atoms with Gasteiger partial charge in [-0.2, -0.15) is 0 Å². The maximum Gasteiger partial charge on any atom is 0.0884 e. The molecule has 0 aliphatic rings. The zero-order valence-corrected chi connectivity index (χ0v) is 6.60. The van der Waals surface area contributed by atoms with E-state index in [0.29, 0.717) is 6.61 Å². The summed E-state index contributed by atoms with van der Waals surface area (Å²) < 4.78 is 4.87. The highest BCUT2D eigenvalue weighted by Gasteiger charge is 1.86. The molecule has 0 amide bonds. The number of ether oxygens (including phenoxy) is 1. The van der Waals surface area contributed by atoms with Crippen LogP contribution in [0.3, 0.4) is 0 Å². The van der Waals surface area contributed by atoms with Crippen molar-refractivity contribution in [3.8, 4) is 0 Å². The summed E-state index contributed by atoms with van der Waals surface area (Å²) in [4.78, 5) is 4.04. The van der Waals surface area contributed by atoms with Crippen LogP contribution in [0.25, 0.3) is 0 Å². The first-order valence-corrected chi connectivity index (χ1v) is 2.82. The van der Waals surface area contributed by atoms with Crippen molar-refractivity contribution in [3.63, 3.8) is 0 Å². The predicted molar refractivity (Wildman–Crippen MR) is 42.2 cm³/mol. The number of aromatic nitrogens is 1. The zero-order chi connectivity index (χ0) is 6.53. The molecule has 0 aromatic carbocycles. The molecule has 0 atom stereocenters. The molecule has 0 aliphatic carbocycles. The van der Waals surface area contributed by atoms with E-state index in [2.05, 4.69) is 4.98 Å². The lowest BCUT2D eigenvalue weighted by molar-refractivity contribution is 0.181. The monoisotopic (exact) mass is 159 g/mol. The normalized spacial score (nSPS) is 8.50. The van der Waals surface area contributed by atoms with Gasteiger partial charge in [-0.25, -0.2) is 0 Å². The average molecular weight is 160 g/mol. The summed E-state index contributed by atoms with van der Waals surface area (Å²) in [5.74, 6) is 0. The second kappa shape index (κ2) is 5.21. The van der Waals surface area contributed by atoms with Crippen LogP contribution in [-0.4, -0.2) is 12.1 Å². The molecule has 0 saturated carbocycles. The van der Waals surface area contributed by atoms with Crippen molar-refractivity contribution in [1.29, 1.82) is 0 Å². The molecule has 1 aromatic heterocycles. The minimum absolute atomic E-state index is 0. The van der Waals surface area contributed by atoms with Gasteiger partial charge >= 0.3 is 0 Å². The molecular weight excluding hydrogens is 150 g/mol. The van der Waals surface area contributed by atoms with Crippen molar-refractivity contribution >= 4 is 12.4 Å². The molecule has 0 radical (unpaired) electrons. The van der Waals surface area contributed by atoms with E-state index in [-0.39, 0.29) is 12.4 Å². The number of rotatable bonds is 2. The Labute approximate surface area is 66.6 Å². The molecule has 3 heteroatoms. The number of methoxy groups -OCH3 is 1. The molecule has 0 bridgehead atoms. The van der Waals surface area contributed by atoms with Crippen molar-refractivity contribution in [2.45, 2.75) is 6.61 Å². The highest BCUT2D eigenvalue weighted by Crippen LogP contribution is 1.93. The van der Waals surface area contributed by atoms with Crippen LogP contribution in [0.2, 0.25) is 0 Å². The van der Waals surface area contributed by atoms with Crippen LogP contribution in [0.1, 0.15) is 5.69 Å². The van der Waals surface area contributed by atoms with E-state index in [9.17, 15) is 0 Å². The topological polar surface area (TPSA) is 22.1 Å². The van der Waals surface area contributed by atoms with Gasteiger partial charge in [0.25, 0.3) is 0 Å². The summed E-state index contributed by atoms with van der Waals surface area (Å²) in [6, 6.07) is 5.77. The molecular formula is C7H10ClNO. The van der Waals surface area contributed by atoms with Crippen molar-refractivity contribution < 1.29 is 4.74 Å². The Morgan fingerprint density at radius 1 is 1.50 bits per heavy atom. The zero-order valence-electron chi connectivity index (χ0n) is 5.78. The first-order chi connectivity index (χ1) is 4.43. The summed E-state index contributed by atoms with van der Waals surface area (Å²) in [5, 5.41) is 0. The Kier molecular flexibility index (Phi) is 4.89. The van der Waals surface area contributed by atoms with Crippen LogP contribution in [0.5, 0.6) is 0 Å². The minimum Gasteiger partial charge on any atom is -0.378 e. The van der Waals surface area contributed by atoms with Crippen molar-refractivity contribution in [2.75, 3.05) is 7.11 Å². The first-order valence-electron chi connectivity index (χ1n) is 2.82. The lowest BCUT2D eigenvalue weighted by Gasteiger charge is -1.94. The Balaban J connectivity index is 0.000000810. The third-order valence-electron chi connectivity index (χ3n) is 1.02. The van der Waals surface area contributed by atoms with Gasteiger partial charge in [0.15, 0.2) is 0 Å². The highest BCUT2D eigenvalue weighted by molar-refractivity contribution is 5.85. The molecule has 0 spiro atoms. The van der Waals surface area contributed by atoms with E-state index in [1.54, 1.807) is 13.3 Å². The fourth-order valence-corrected chi connectivity index (χ4v) is 0.631. The summed E-state index contributed by atoms with van der Waals surface area (Å²) >= 11 is 0. The largest absolute Gasteiger partial charge is 0.378 e. The quantitative estimate of drug-likeness (QED) is 0.655. The number of nitrogens with zero attached hydrogens (tertiary/aromatic N) is 1. The number of halogens is 1. The molecule has 1 rings (SSSR count). The molecule has 10 heavy (non-hydrogen) atoms. The van der Waals surface area contributed by atoms with E-state index in [0.717, 1.165) is 5.69 Å². The fraction of sp³-hybridized carbons (Fsp3) is 0.286. The van der Waals surface area contributed by atoms with Gasteiger partial charge in [-0.1, -0.05) is 6.07 Å². The molecule has 1 heterocycles. The smallest absolute Gasteiger partial charge is 0.0884 e. The minimum atomic E-state index is 0. The SMILES string of the molecule is COCc1ccccn1.Cl. The van der Waals surface area contributed by atoms with Gasteiger partial charge in [0.05, 0.1) is 12.3 Å². The standard InChI is InChI=1S/C7H9NO.ClH/c1-9-6-7-4-2-3-5-8-7;/h2-5H,6H2,1H3;1H. The summed E-state index contributed by atoms with van der Waals surface area (Å²) in [5.41, 5.74) is 0.972. The summed E-state index contributed by atoms with van der Waals surface area (Å²) in [7, 11) is 1.66. The lowest BCUT2D eigenvalue weighted by Crippen LogP contribution is -1.88. The molecule has 0 fully saturated rings. The number of pyridine rings is 1. The van der Waals surface area contributed by atoms with Crippen LogP contribution in [0.4, 0.5) is 0 Å². The molecule has 0 saturated heterocycles. The number of hydrogen-bond donors (Lipinski definition) is 0. The van der Waals surface area contributed by atoms with Gasteiger partial charge in [-0.15, -0.1) is 12.4 Å². The molecule has 0 aliphatic heterocycles. The van der Waals surface area contributed by atoms with Gasteiger partial charge in [-0.3, -0.25) is 4.98 Å². The first kappa shape index (κ1) is 9.40. The van der Waals surface area contributed by atoms with Crippen molar-refractivity contribution in [2.24, 2.45) is 0 Å². The van der Waals surface area contributed by atoms with Gasteiger partial charge in [0, 0.05) is 13.3 Å². The highest BCUT2D eigenvalue weighted by atomic mass is 35.5. The van der Waals surface area contributed by atoms with E-state index in [1.807, 2.05) is 18.2 Å². The van der Waals surface area contributed by atoms with Gasteiger partial charge in [0.2, 0.25) is 0 Å². The van der Waals surface area contributed by atoms with E-state index < -0.39 is 0 Å². The second-order valence-electron chi connectivity index (χ2n) is 1.75. The maximum atomic E-state index is 4.87. The predicted octanol–water partition coefficient (Wildman–Crippen LogP) is 1.65. The third-order valence-corrected chi connectivity index (χ3v) is 1.02. The maximum absolute atomic E-state index is 4.87. The van der Waals surface area contributed by atoms with Crippen LogP contribution >= 0.6 is 12.4 Å². The molecule has 2 nitrogen and oxygen atoms in total. The van der Waals surface area contributed by atoms with Crippen LogP contribution in [0, 0.1) is 0 Å². The average Bonchev–Trinajstić information content (AvgIpc) is 1.91. The Bertz CT molecular complexity index is 167. The second-order valence-corrected chi connectivity index (χ2v) is 1.75. The van der Waals surface area contributed by atoms with Crippen LogP contribution in [-0.2, 0) is 11.3 Å². The van der Waals surface area contributed by atoms with Crippen LogP contribution < -0.4 is 0 Å². The van der Waals surface area contributed by atoms with E-state index in [1.165, 1.54) is 0 Å². The lowest BCUT2D eigenvalue weighted by atomic mass is 10.4. The summed E-state index contributed by atoms with van der Waals surface area (Å²) in [6.45, 7) is 0.598. The molecule has 56 valence electrons. The van der Waals surface area contributed by atoms with Gasteiger partial charge in [-0.05, 0) is 12.1 Å². The van der Waals surface area contributed by atoms with Gasteiger partial charge in [0.1, 0.15) is 0 Å². The van der Waals surface area contributed by atoms with Crippen molar-refractivity contribution in [1.82, 2.24) is 4.98 Å². The molecule has 0 unspecified atom stereocenters. The Hall–Kier alpha value is -0.600. The Morgan fingerprint density at radius 3 is 2.80 bits per heavy atom. The fourth-order valence-electron chi connectivity index (χ4n) is 0.631. The van der Waals surface area contributed by atoms with E-state index in [4.69, 9.17) is 4.74 Å². The van der Waals surface area contributed by atoms with Gasteiger partial charge < -0.3 is 4.74 Å². The Morgan fingerprint density at radius 2 is 2.30 bits per heavy atom. The third kappa shape index (κ3) is 2.80. The van der Waals surface area contributed by atoms with Crippen molar-refractivity contribution in [3.05, 3.63) is 30.1 Å². The number of hydrogen-bond acceptors (Lipinski definition) is 2. The molecule has 0 N–H and O–H groups in total. The summed E-state index contributed by atoms with van der Waals surface area (Å²) in [6.07, 6.45) is 1.76. The van der Waals surface area contributed by atoms with E-state index >= 15 is 0 Å².